The van der Waals surface area contributed by atoms with Gasteiger partial charge in [-0.3, -0.25) is 9.59 Å². The Morgan fingerprint density at radius 1 is 1.19 bits per heavy atom. The van der Waals surface area contributed by atoms with E-state index in [-0.39, 0.29) is 42.0 Å². The van der Waals surface area contributed by atoms with Crippen molar-refractivity contribution in [3.63, 3.8) is 0 Å². The maximum Gasteiger partial charge on any atom is 0.251 e. The van der Waals surface area contributed by atoms with E-state index in [9.17, 15) is 18.0 Å². The molecule has 9 heteroatoms. The summed E-state index contributed by atoms with van der Waals surface area (Å²) in [5.74, 6) is -0.176. The van der Waals surface area contributed by atoms with E-state index in [1.165, 1.54) is 33.6 Å². The van der Waals surface area contributed by atoms with Crippen LogP contribution in [-0.2, 0) is 26.1 Å². The number of rotatable bonds is 5. The van der Waals surface area contributed by atoms with Crippen LogP contribution in [0.25, 0.3) is 0 Å². The zero-order valence-electron chi connectivity index (χ0n) is 15.7. The topological polar surface area (TPSA) is 88.9 Å². The van der Waals surface area contributed by atoms with Crippen LogP contribution in [0.15, 0.2) is 28.0 Å². The Morgan fingerprint density at radius 3 is 2.52 bits per heavy atom. The molecule has 1 aromatic rings. The van der Waals surface area contributed by atoms with Gasteiger partial charge in [0.2, 0.25) is 15.9 Å². The van der Waals surface area contributed by atoms with Crippen molar-refractivity contribution in [1.82, 2.24) is 13.8 Å². The van der Waals surface area contributed by atoms with Crippen molar-refractivity contribution in [2.24, 2.45) is 0 Å². The van der Waals surface area contributed by atoms with Crippen LogP contribution in [0.4, 0.5) is 0 Å². The minimum Gasteiger partial charge on any atom is -0.379 e. The largest absolute Gasteiger partial charge is 0.379 e. The Labute approximate surface area is 159 Å². The first kappa shape index (κ1) is 20.0. The lowest BCUT2D eigenvalue weighted by atomic mass is 9.94. The lowest BCUT2D eigenvalue weighted by Gasteiger charge is -2.31. The van der Waals surface area contributed by atoms with Gasteiger partial charge in [-0.15, -0.1) is 0 Å². The molecule has 0 radical (unpaired) electrons. The number of carbonyl (C=O) groups excluding carboxylic acids is 1. The van der Waals surface area contributed by atoms with Gasteiger partial charge >= 0.3 is 0 Å². The van der Waals surface area contributed by atoms with E-state index in [0.29, 0.717) is 13.2 Å². The minimum atomic E-state index is -3.71. The first-order valence-corrected chi connectivity index (χ1v) is 10.9. The third-order valence-electron chi connectivity index (χ3n) is 5.39. The van der Waals surface area contributed by atoms with Crippen LogP contribution in [0.3, 0.4) is 0 Å². The summed E-state index contributed by atoms with van der Waals surface area (Å²) >= 11 is 0. The molecule has 1 amide bonds. The molecule has 1 aliphatic heterocycles. The summed E-state index contributed by atoms with van der Waals surface area (Å²) in [6.45, 7) is 1.11. The Bertz CT molecular complexity index is 824. The molecule has 150 valence electrons. The second-order valence-electron chi connectivity index (χ2n) is 7.14. The Kier molecular flexibility index (Phi) is 6.33. The van der Waals surface area contributed by atoms with Gasteiger partial charge in [0, 0.05) is 38.4 Å². The molecule has 0 bridgehead atoms. The van der Waals surface area contributed by atoms with Crippen molar-refractivity contribution in [2.75, 3.05) is 33.4 Å². The second kappa shape index (κ2) is 8.53. The van der Waals surface area contributed by atoms with Crippen LogP contribution in [0.2, 0.25) is 0 Å². The van der Waals surface area contributed by atoms with Crippen LogP contribution >= 0.6 is 0 Å². The number of amides is 1. The average molecular weight is 397 g/mol. The Morgan fingerprint density at radius 2 is 1.85 bits per heavy atom. The highest BCUT2D eigenvalue weighted by molar-refractivity contribution is 7.89. The predicted molar refractivity (Wildman–Crippen MR) is 99.9 cm³/mol. The summed E-state index contributed by atoms with van der Waals surface area (Å²) in [6, 6.07) is 2.71. The fourth-order valence-corrected chi connectivity index (χ4v) is 5.08. The van der Waals surface area contributed by atoms with Gasteiger partial charge in [0.05, 0.1) is 18.1 Å². The van der Waals surface area contributed by atoms with Gasteiger partial charge in [0.1, 0.15) is 6.54 Å². The molecule has 1 aromatic heterocycles. The number of likely N-dealkylation sites (N-methyl/N-ethyl adjacent to an activating group) is 1. The van der Waals surface area contributed by atoms with Gasteiger partial charge in [-0.2, -0.15) is 4.31 Å². The zero-order chi connectivity index (χ0) is 19.4. The molecule has 8 nitrogen and oxygen atoms in total. The number of hydrogen-bond acceptors (Lipinski definition) is 5. The fourth-order valence-electron chi connectivity index (χ4n) is 3.65. The molecule has 0 aromatic carbocycles. The number of pyridine rings is 1. The Balaban J connectivity index is 1.77. The van der Waals surface area contributed by atoms with Crippen LogP contribution in [-0.4, -0.2) is 67.5 Å². The first-order chi connectivity index (χ1) is 12.9. The second-order valence-corrected chi connectivity index (χ2v) is 9.08. The summed E-state index contributed by atoms with van der Waals surface area (Å²) in [5.41, 5.74) is -0.388. The standard InChI is InChI=1S/C18H27N3O5S/c1-19(15-5-3-2-4-6-15)18(23)14-20-13-16(7-8-17(20)22)27(24,25)21-9-11-26-12-10-21/h7-8,13,15H,2-6,9-12,14H2,1H3. The maximum atomic E-state index is 12.8. The highest BCUT2D eigenvalue weighted by Crippen LogP contribution is 2.22. The van der Waals surface area contributed by atoms with Crippen molar-refractivity contribution < 1.29 is 17.9 Å². The molecule has 0 spiro atoms. The molecular weight excluding hydrogens is 370 g/mol. The molecule has 1 saturated carbocycles. The summed E-state index contributed by atoms with van der Waals surface area (Å²) < 4.78 is 33.3. The molecule has 2 heterocycles. The molecule has 2 fully saturated rings. The van der Waals surface area contributed by atoms with Crippen molar-refractivity contribution in [3.05, 3.63) is 28.7 Å². The molecular formula is C18H27N3O5S. The van der Waals surface area contributed by atoms with E-state index in [4.69, 9.17) is 4.74 Å². The minimum absolute atomic E-state index is 0.0251. The van der Waals surface area contributed by atoms with E-state index >= 15 is 0 Å². The molecule has 0 unspecified atom stereocenters. The highest BCUT2D eigenvalue weighted by atomic mass is 32.2. The molecule has 0 atom stereocenters. The van der Waals surface area contributed by atoms with Crippen LogP contribution < -0.4 is 5.56 Å². The SMILES string of the molecule is CN(C(=O)Cn1cc(S(=O)(=O)N2CCOCC2)ccc1=O)C1CCCCC1. The van der Waals surface area contributed by atoms with Gasteiger partial charge in [-0.1, -0.05) is 19.3 Å². The quantitative estimate of drug-likeness (QED) is 0.728. The number of sulfonamides is 1. The van der Waals surface area contributed by atoms with Crippen molar-refractivity contribution in [2.45, 2.75) is 49.6 Å². The number of ether oxygens (including phenoxy) is 1. The molecule has 1 aliphatic carbocycles. The molecule has 27 heavy (non-hydrogen) atoms. The summed E-state index contributed by atoms with van der Waals surface area (Å²) in [6.07, 6.45) is 6.63. The number of hydrogen-bond donors (Lipinski definition) is 0. The molecule has 0 N–H and O–H groups in total. The monoisotopic (exact) mass is 397 g/mol. The summed E-state index contributed by atoms with van der Waals surface area (Å²) in [5, 5.41) is 0. The first-order valence-electron chi connectivity index (χ1n) is 9.43. The van der Waals surface area contributed by atoms with Crippen LogP contribution in [0.1, 0.15) is 32.1 Å². The number of nitrogens with zero attached hydrogens (tertiary/aromatic N) is 3. The highest BCUT2D eigenvalue weighted by Gasteiger charge is 2.27. The predicted octanol–water partition coefficient (Wildman–Crippen LogP) is 0.660. The van der Waals surface area contributed by atoms with Gasteiger partial charge in [-0.25, -0.2) is 8.42 Å². The number of carbonyl (C=O) groups is 1. The molecule has 1 saturated heterocycles. The normalized spacial score (nSPS) is 19.7. The van der Waals surface area contributed by atoms with E-state index < -0.39 is 10.0 Å². The smallest absolute Gasteiger partial charge is 0.251 e. The average Bonchev–Trinajstić information content (AvgIpc) is 2.70. The van der Waals surface area contributed by atoms with Crippen LogP contribution in [0.5, 0.6) is 0 Å². The number of aromatic nitrogens is 1. The summed E-state index contributed by atoms with van der Waals surface area (Å²) in [7, 11) is -1.95. The lowest BCUT2D eigenvalue weighted by molar-refractivity contribution is -0.133. The third kappa shape index (κ3) is 4.59. The molecule has 2 aliphatic rings. The van der Waals surface area contributed by atoms with E-state index in [1.54, 1.807) is 11.9 Å². The summed E-state index contributed by atoms with van der Waals surface area (Å²) in [4.78, 5) is 26.5. The molecule has 3 rings (SSSR count). The fraction of sp³-hybridized carbons (Fsp3) is 0.667. The van der Waals surface area contributed by atoms with Crippen molar-refractivity contribution >= 4 is 15.9 Å². The third-order valence-corrected chi connectivity index (χ3v) is 7.27. The van der Waals surface area contributed by atoms with Gasteiger partial charge in [0.15, 0.2) is 0 Å². The van der Waals surface area contributed by atoms with E-state index in [2.05, 4.69) is 0 Å². The van der Waals surface area contributed by atoms with Gasteiger partial charge in [0.25, 0.3) is 5.56 Å². The van der Waals surface area contributed by atoms with Crippen molar-refractivity contribution in [3.8, 4) is 0 Å². The zero-order valence-corrected chi connectivity index (χ0v) is 16.5. The van der Waals surface area contributed by atoms with Gasteiger partial charge < -0.3 is 14.2 Å². The number of morpholine rings is 1. The van der Waals surface area contributed by atoms with E-state index in [0.717, 1.165) is 25.7 Å². The lowest BCUT2D eigenvalue weighted by Crippen LogP contribution is -2.42. The van der Waals surface area contributed by atoms with E-state index in [1.807, 2.05) is 0 Å². The Hall–Kier alpha value is -1.71. The maximum absolute atomic E-state index is 12.8. The van der Waals surface area contributed by atoms with Gasteiger partial charge in [-0.05, 0) is 18.9 Å². The van der Waals surface area contributed by atoms with Crippen LogP contribution in [0, 0.1) is 0 Å². The van der Waals surface area contributed by atoms with Crippen molar-refractivity contribution in [1.29, 1.82) is 0 Å².